The van der Waals surface area contributed by atoms with Crippen LogP contribution in [0.5, 0.6) is 0 Å². The first kappa shape index (κ1) is 19.9. The summed E-state index contributed by atoms with van der Waals surface area (Å²) >= 11 is 0. The number of para-hydroxylation sites is 1. The molecule has 154 valence electrons. The van der Waals surface area contributed by atoms with E-state index in [0.717, 1.165) is 16.9 Å². The van der Waals surface area contributed by atoms with Crippen LogP contribution in [-0.2, 0) is 9.84 Å². The van der Waals surface area contributed by atoms with Crippen molar-refractivity contribution in [1.82, 2.24) is 25.0 Å². The van der Waals surface area contributed by atoms with Gasteiger partial charge in [-0.2, -0.15) is 0 Å². The van der Waals surface area contributed by atoms with Crippen LogP contribution < -0.4 is 0 Å². The molecule has 0 spiro atoms. The minimum Gasteiger partial charge on any atom is -0.257 e. The number of rotatable bonds is 5. The number of aromatic nitrogens is 5. The summed E-state index contributed by atoms with van der Waals surface area (Å²) in [5, 5.41) is 7.98. The second-order valence-corrected chi connectivity index (χ2v) is 9.70. The van der Waals surface area contributed by atoms with E-state index in [1.807, 2.05) is 43.5 Å². The normalized spacial score (nSPS) is 11.7. The molecule has 2 aromatic carbocycles. The van der Waals surface area contributed by atoms with E-state index in [4.69, 9.17) is 4.98 Å². The fourth-order valence-corrected chi connectivity index (χ4v) is 4.06. The third-order valence-corrected chi connectivity index (χ3v) is 6.98. The van der Waals surface area contributed by atoms with Crippen LogP contribution in [0.1, 0.15) is 21.0 Å². The number of hydrogen-bond donors (Lipinski definition) is 0. The molecule has 0 bridgehead atoms. The van der Waals surface area contributed by atoms with Gasteiger partial charge in [0.05, 0.1) is 39.6 Å². The Hall–Kier alpha value is -3.39. The SMILES string of the molecule is Cc1ncc(-c2ccc(S(=O)(=O)C(C)C)cc2)nc1-c1cn(-c2ccccc2)nn1.[HH]. The highest BCUT2D eigenvalue weighted by Gasteiger charge is 2.19. The molecule has 0 unspecified atom stereocenters. The van der Waals surface area contributed by atoms with E-state index in [0.29, 0.717) is 22.0 Å². The Bertz CT molecular complexity index is 1290. The zero-order valence-corrected chi connectivity index (χ0v) is 17.7. The predicted octanol–water partition coefficient (Wildman–Crippen LogP) is 4.13. The molecule has 0 saturated carbocycles. The molecule has 0 saturated heterocycles. The highest BCUT2D eigenvalue weighted by molar-refractivity contribution is 7.92. The maximum atomic E-state index is 12.3. The quantitative estimate of drug-likeness (QED) is 0.481. The lowest BCUT2D eigenvalue weighted by atomic mass is 10.1. The van der Waals surface area contributed by atoms with Crippen molar-refractivity contribution in [3.8, 4) is 28.3 Å². The zero-order valence-electron chi connectivity index (χ0n) is 16.9. The van der Waals surface area contributed by atoms with Crippen molar-refractivity contribution >= 4 is 9.84 Å². The van der Waals surface area contributed by atoms with Crippen molar-refractivity contribution in [2.45, 2.75) is 30.9 Å². The Kier molecular flexibility index (Phi) is 5.17. The van der Waals surface area contributed by atoms with Crippen LogP contribution in [0, 0.1) is 6.92 Å². The molecular formula is C22H23N5O2S. The smallest absolute Gasteiger partial charge is 0.180 e. The lowest BCUT2D eigenvalue weighted by Gasteiger charge is -2.09. The van der Waals surface area contributed by atoms with Gasteiger partial charge < -0.3 is 0 Å². The summed E-state index contributed by atoms with van der Waals surface area (Å²) in [7, 11) is -3.31. The van der Waals surface area contributed by atoms with Crippen LogP contribution in [0.25, 0.3) is 28.3 Å². The van der Waals surface area contributed by atoms with Gasteiger partial charge in [-0.3, -0.25) is 4.98 Å². The second kappa shape index (κ2) is 7.79. The Morgan fingerprint density at radius 2 is 1.67 bits per heavy atom. The molecule has 0 atom stereocenters. The van der Waals surface area contributed by atoms with E-state index in [9.17, 15) is 8.42 Å². The number of nitrogens with zero attached hydrogens (tertiary/aromatic N) is 5. The molecule has 4 aromatic rings. The first-order valence-electron chi connectivity index (χ1n) is 9.52. The first-order chi connectivity index (χ1) is 14.4. The second-order valence-electron chi connectivity index (χ2n) is 7.19. The van der Waals surface area contributed by atoms with Gasteiger partial charge in [0.2, 0.25) is 0 Å². The predicted molar refractivity (Wildman–Crippen MR) is 117 cm³/mol. The van der Waals surface area contributed by atoms with Crippen LogP contribution in [0.15, 0.2) is 71.9 Å². The van der Waals surface area contributed by atoms with Crippen molar-refractivity contribution < 1.29 is 9.84 Å². The Morgan fingerprint density at radius 3 is 2.33 bits per heavy atom. The van der Waals surface area contributed by atoms with E-state index in [1.165, 1.54) is 0 Å². The van der Waals surface area contributed by atoms with Crippen LogP contribution in [0.2, 0.25) is 0 Å². The van der Waals surface area contributed by atoms with E-state index in [-0.39, 0.29) is 1.43 Å². The van der Waals surface area contributed by atoms with Gasteiger partial charge in [-0.05, 0) is 45.0 Å². The van der Waals surface area contributed by atoms with Gasteiger partial charge in [0.1, 0.15) is 11.4 Å². The molecule has 4 rings (SSSR count). The lowest BCUT2D eigenvalue weighted by Crippen LogP contribution is -2.13. The molecular weight excluding hydrogens is 398 g/mol. The van der Waals surface area contributed by atoms with Gasteiger partial charge in [0, 0.05) is 6.99 Å². The van der Waals surface area contributed by atoms with Crippen molar-refractivity contribution in [3.05, 3.63) is 72.7 Å². The average molecular weight is 422 g/mol. The molecule has 0 N–H and O–H groups in total. The molecule has 0 aliphatic rings. The highest BCUT2D eigenvalue weighted by Crippen LogP contribution is 2.25. The van der Waals surface area contributed by atoms with E-state index >= 15 is 0 Å². The Labute approximate surface area is 176 Å². The number of hydrogen-bond acceptors (Lipinski definition) is 6. The summed E-state index contributed by atoms with van der Waals surface area (Å²) < 4.78 is 26.4. The molecule has 0 radical (unpaired) electrons. The summed E-state index contributed by atoms with van der Waals surface area (Å²) in [4.78, 5) is 9.47. The van der Waals surface area contributed by atoms with Gasteiger partial charge in [-0.15, -0.1) is 5.10 Å². The van der Waals surface area contributed by atoms with Gasteiger partial charge in [-0.25, -0.2) is 18.1 Å². The van der Waals surface area contributed by atoms with Crippen molar-refractivity contribution in [3.63, 3.8) is 0 Å². The van der Waals surface area contributed by atoms with Gasteiger partial charge in [0.25, 0.3) is 0 Å². The van der Waals surface area contributed by atoms with E-state index < -0.39 is 15.1 Å². The molecule has 2 aromatic heterocycles. The molecule has 0 fully saturated rings. The summed E-state index contributed by atoms with van der Waals surface area (Å²) in [5.41, 5.74) is 4.30. The van der Waals surface area contributed by atoms with E-state index in [1.54, 1.807) is 49.0 Å². The standard InChI is InChI=1S/C22H21N5O2S.H2/c1-15(2)30(28,29)19-11-9-17(10-12-19)20-13-23-16(3)22(24-20)21-14-27(26-25-21)18-7-5-4-6-8-18;/h4-15H,1-3H3;1H. The average Bonchev–Trinajstić information content (AvgIpc) is 3.25. The Morgan fingerprint density at radius 1 is 0.967 bits per heavy atom. The van der Waals surface area contributed by atoms with Crippen molar-refractivity contribution in [1.29, 1.82) is 0 Å². The molecule has 2 heterocycles. The minimum atomic E-state index is -3.31. The van der Waals surface area contributed by atoms with Gasteiger partial charge in [0.15, 0.2) is 9.84 Å². The van der Waals surface area contributed by atoms with Gasteiger partial charge in [-0.1, -0.05) is 35.5 Å². The molecule has 7 nitrogen and oxygen atoms in total. The molecule has 0 aliphatic carbocycles. The maximum Gasteiger partial charge on any atom is 0.180 e. The fraction of sp³-hybridized carbons (Fsp3) is 0.182. The molecule has 0 aliphatic heterocycles. The third-order valence-electron chi connectivity index (χ3n) is 4.81. The first-order valence-corrected chi connectivity index (χ1v) is 11.1. The highest BCUT2D eigenvalue weighted by atomic mass is 32.2. The maximum absolute atomic E-state index is 12.3. The fourth-order valence-electron chi connectivity index (χ4n) is 3.00. The number of sulfone groups is 1. The molecule has 8 heteroatoms. The number of aryl methyl sites for hydroxylation is 1. The van der Waals surface area contributed by atoms with Gasteiger partial charge >= 0.3 is 0 Å². The largest absolute Gasteiger partial charge is 0.257 e. The summed E-state index contributed by atoms with van der Waals surface area (Å²) in [5.74, 6) is 0. The third kappa shape index (κ3) is 3.73. The van der Waals surface area contributed by atoms with Crippen LogP contribution in [0.4, 0.5) is 0 Å². The zero-order chi connectivity index (χ0) is 21.3. The van der Waals surface area contributed by atoms with Crippen LogP contribution in [-0.4, -0.2) is 38.6 Å². The molecule has 30 heavy (non-hydrogen) atoms. The molecule has 0 amide bonds. The Balaban J connectivity index is 0.00000272. The van der Waals surface area contributed by atoms with Crippen LogP contribution in [0.3, 0.4) is 0 Å². The van der Waals surface area contributed by atoms with Crippen LogP contribution >= 0.6 is 0 Å². The summed E-state index contributed by atoms with van der Waals surface area (Å²) in [6.07, 6.45) is 3.49. The minimum absolute atomic E-state index is 0. The van der Waals surface area contributed by atoms with Crippen molar-refractivity contribution in [2.75, 3.05) is 0 Å². The topological polar surface area (TPSA) is 90.6 Å². The van der Waals surface area contributed by atoms with Crippen molar-refractivity contribution in [2.24, 2.45) is 0 Å². The summed E-state index contributed by atoms with van der Waals surface area (Å²) in [6, 6.07) is 16.4. The number of benzene rings is 2. The van der Waals surface area contributed by atoms with E-state index in [2.05, 4.69) is 15.3 Å². The monoisotopic (exact) mass is 421 g/mol. The lowest BCUT2D eigenvalue weighted by molar-refractivity contribution is 0.587. The summed E-state index contributed by atoms with van der Waals surface area (Å²) in [6.45, 7) is 5.21.